The predicted octanol–water partition coefficient (Wildman–Crippen LogP) is 1.73. The minimum Gasteiger partial charge on any atom is -0.387 e. The van der Waals surface area contributed by atoms with E-state index in [-0.39, 0.29) is 0 Å². The molecule has 1 unspecified atom stereocenters. The molecule has 13 heavy (non-hydrogen) atoms. The molecule has 0 saturated carbocycles. The third-order valence-electron chi connectivity index (χ3n) is 1.54. The lowest BCUT2D eigenvalue weighted by Crippen LogP contribution is -2.21. The molecule has 2 N–H and O–H groups in total. The summed E-state index contributed by atoms with van der Waals surface area (Å²) in [5.41, 5.74) is 1.07. The van der Waals surface area contributed by atoms with Crippen LogP contribution >= 0.6 is 0 Å². The Morgan fingerprint density at radius 3 is 2.69 bits per heavy atom. The Morgan fingerprint density at radius 2 is 2.31 bits per heavy atom. The Labute approximate surface area is 80.9 Å². The van der Waals surface area contributed by atoms with Crippen LogP contribution in [0.2, 0.25) is 0 Å². The zero-order chi connectivity index (χ0) is 10.3. The van der Waals surface area contributed by atoms with Gasteiger partial charge in [-0.15, -0.1) is 0 Å². The molecule has 0 bridgehead atoms. The van der Waals surface area contributed by atoms with Crippen LogP contribution in [0, 0.1) is 4.78 Å². The Morgan fingerprint density at radius 1 is 1.69 bits per heavy atom. The van der Waals surface area contributed by atoms with E-state index >= 15 is 0 Å². The fourth-order valence-corrected chi connectivity index (χ4v) is 1.34. The molecule has 0 rings (SSSR count). The van der Waals surface area contributed by atoms with E-state index in [9.17, 15) is 4.21 Å². The maximum absolute atomic E-state index is 11.0. The highest BCUT2D eigenvalue weighted by atomic mass is 32.2. The van der Waals surface area contributed by atoms with E-state index in [2.05, 4.69) is 11.9 Å². The second kappa shape index (κ2) is 5.80. The van der Waals surface area contributed by atoms with E-state index in [1.165, 1.54) is 6.26 Å². The van der Waals surface area contributed by atoms with Gasteiger partial charge in [0.1, 0.15) is 0 Å². The van der Waals surface area contributed by atoms with Crippen LogP contribution in [0.4, 0.5) is 0 Å². The molecule has 0 amide bonds. The van der Waals surface area contributed by atoms with Gasteiger partial charge in [0, 0.05) is 34.0 Å². The molecule has 0 fully saturated rings. The van der Waals surface area contributed by atoms with Gasteiger partial charge in [-0.25, -0.2) is 0 Å². The molecule has 0 aliphatic carbocycles. The number of hydrogen-bond donors (Lipinski definition) is 2. The molecule has 0 heterocycles. The van der Waals surface area contributed by atoms with Gasteiger partial charge in [-0.2, -0.15) is 0 Å². The normalized spacial score (nSPS) is 16.3. The molecule has 0 saturated heterocycles. The largest absolute Gasteiger partial charge is 0.387 e. The van der Waals surface area contributed by atoms with Crippen molar-refractivity contribution in [3.63, 3.8) is 0 Å². The summed E-state index contributed by atoms with van der Waals surface area (Å²) in [5, 5.41) is 3.12. The van der Waals surface area contributed by atoms with Crippen molar-refractivity contribution < 1.29 is 4.21 Å². The van der Waals surface area contributed by atoms with Crippen molar-refractivity contribution in [1.29, 1.82) is 4.78 Å². The fourth-order valence-electron chi connectivity index (χ4n) is 0.850. The summed E-state index contributed by atoms with van der Waals surface area (Å²) in [6.45, 7) is 6.22. The van der Waals surface area contributed by atoms with Gasteiger partial charge < -0.3 is 5.32 Å². The van der Waals surface area contributed by atoms with Crippen molar-refractivity contribution in [1.82, 2.24) is 5.32 Å². The van der Waals surface area contributed by atoms with Gasteiger partial charge in [0.15, 0.2) is 0 Å². The number of allylic oxidation sites excluding steroid dienone is 3. The van der Waals surface area contributed by atoms with Crippen molar-refractivity contribution in [2.45, 2.75) is 13.3 Å². The maximum atomic E-state index is 11.0. The van der Waals surface area contributed by atoms with E-state index in [1.54, 1.807) is 6.08 Å². The molecule has 1 atom stereocenters. The van der Waals surface area contributed by atoms with Gasteiger partial charge >= 0.3 is 0 Å². The number of hydrogen-bond acceptors (Lipinski definition) is 3. The smallest absolute Gasteiger partial charge is 0.0486 e. The van der Waals surface area contributed by atoms with Crippen molar-refractivity contribution in [2.24, 2.45) is 0 Å². The topological polar surface area (TPSA) is 53.0 Å². The van der Waals surface area contributed by atoms with Crippen molar-refractivity contribution in [3.8, 4) is 0 Å². The average molecular weight is 202 g/mol. The third-order valence-corrected chi connectivity index (χ3v) is 2.53. The minimum absolute atomic E-state index is 0.390. The third kappa shape index (κ3) is 7.59. The first-order valence-electron chi connectivity index (χ1n) is 4.26. The quantitative estimate of drug-likeness (QED) is 0.644. The lowest BCUT2D eigenvalue weighted by atomic mass is 10.3. The van der Waals surface area contributed by atoms with Crippen molar-refractivity contribution in [3.05, 3.63) is 24.4 Å². The average Bonchev–Trinajstić information content (AvgIpc) is 2.01. The molecule has 0 aliphatic rings. The Balaban J connectivity index is 3.88. The van der Waals surface area contributed by atoms with E-state index in [4.69, 9.17) is 4.78 Å². The summed E-state index contributed by atoms with van der Waals surface area (Å²) < 4.78 is 18.2. The lowest BCUT2D eigenvalue weighted by Gasteiger charge is -2.07. The van der Waals surface area contributed by atoms with Gasteiger partial charge in [-0.05, 0) is 12.5 Å². The van der Waals surface area contributed by atoms with Gasteiger partial charge in [-0.1, -0.05) is 19.6 Å². The molecular formula is C9H18N2OS. The SMILES string of the molecule is C=C/C=C(\CC)NCCS(C)(=N)=O. The molecule has 3 nitrogen and oxygen atoms in total. The number of nitrogens with one attached hydrogen (secondary N) is 2. The zero-order valence-corrected chi connectivity index (χ0v) is 9.12. The summed E-state index contributed by atoms with van der Waals surface area (Å²) in [5.74, 6) is 0.390. The van der Waals surface area contributed by atoms with E-state index in [0.29, 0.717) is 12.3 Å². The van der Waals surface area contributed by atoms with Gasteiger partial charge in [0.05, 0.1) is 0 Å². The van der Waals surface area contributed by atoms with Crippen LogP contribution in [0.1, 0.15) is 13.3 Å². The highest BCUT2D eigenvalue weighted by Gasteiger charge is 1.97. The molecular weight excluding hydrogens is 184 g/mol. The van der Waals surface area contributed by atoms with Crippen LogP contribution in [0.15, 0.2) is 24.4 Å². The molecule has 0 aromatic carbocycles. The molecule has 0 radical (unpaired) electrons. The van der Waals surface area contributed by atoms with E-state index in [1.807, 2.05) is 13.0 Å². The minimum atomic E-state index is -2.36. The first kappa shape index (κ1) is 12.2. The highest BCUT2D eigenvalue weighted by Crippen LogP contribution is 1.95. The zero-order valence-electron chi connectivity index (χ0n) is 8.30. The first-order valence-corrected chi connectivity index (χ1v) is 6.40. The number of rotatable bonds is 6. The van der Waals surface area contributed by atoms with Crippen LogP contribution in [0.5, 0.6) is 0 Å². The van der Waals surface area contributed by atoms with Gasteiger partial charge in [-0.3, -0.25) is 8.99 Å². The second-order valence-corrected chi connectivity index (χ2v) is 5.34. The van der Waals surface area contributed by atoms with Crippen LogP contribution in [-0.2, 0) is 9.73 Å². The van der Waals surface area contributed by atoms with E-state index in [0.717, 1.165) is 12.1 Å². The summed E-state index contributed by atoms with van der Waals surface area (Å²) in [6.07, 6.45) is 5.96. The standard InChI is InChI=1S/C9H18N2OS/c1-4-6-9(5-2)11-7-8-13(3,10)12/h4,6,10-11H,1,5,7-8H2,2-3H3/b9-6+. The molecule has 4 heteroatoms. The van der Waals surface area contributed by atoms with Crippen LogP contribution < -0.4 is 5.32 Å². The Kier molecular flexibility index (Phi) is 5.46. The monoisotopic (exact) mass is 202 g/mol. The second-order valence-electron chi connectivity index (χ2n) is 2.92. The molecule has 0 aromatic rings. The fraction of sp³-hybridized carbons (Fsp3) is 0.556. The van der Waals surface area contributed by atoms with Gasteiger partial charge in [0.25, 0.3) is 0 Å². The molecule has 0 spiro atoms. The Bertz CT molecular complexity index is 278. The van der Waals surface area contributed by atoms with Crippen LogP contribution in [-0.4, -0.2) is 22.8 Å². The van der Waals surface area contributed by atoms with Crippen LogP contribution in [0.25, 0.3) is 0 Å². The molecule has 76 valence electrons. The summed E-state index contributed by atoms with van der Waals surface area (Å²) in [4.78, 5) is 0. The molecule has 0 aromatic heterocycles. The summed E-state index contributed by atoms with van der Waals surface area (Å²) >= 11 is 0. The summed E-state index contributed by atoms with van der Waals surface area (Å²) in [6, 6.07) is 0. The first-order chi connectivity index (χ1) is 5.99. The Hall–Kier alpha value is -0.770. The maximum Gasteiger partial charge on any atom is 0.0486 e. The predicted molar refractivity (Wildman–Crippen MR) is 58.2 cm³/mol. The molecule has 0 aliphatic heterocycles. The summed E-state index contributed by atoms with van der Waals surface area (Å²) in [7, 11) is -2.36. The van der Waals surface area contributed by atoms with Crippen LogP contribution in [0.3, 0.4) is 0 Å². The van der Waals surface area contributed by atoms with E-state index < -0.39 is 9.73 Å². The lowest BCUT2D eigenvalue weighted by molar-refractivity contribution is 0.675. The highest BCUT2D eigenvalue weighted by molar-refractivity contribution is 7.91. The van der Waals surface area contributed by atoms with Gasteiger partial charge in [0.2, 0.25) is 0 Å². The van der Waals surface area contributed by atoms with Crippen molar-refractivity contribution in [2.75, 3.05) is 18.6 Å². The van der Waals surface area contributed by atoms with Crippen molar-refractivity contribution >= 4 is 9.73 Å².